The third kappa shape index (κ3) is 3.82. The number of rotatable bonds is 3. The molecule has 0 radical (unpaired) electrons. The van der Waals surface area contributed by atoms with Crippen LogP contribution in [0.5, 0.6) is 0 Å². The molecule has 3 rings (SSSR count). The van der Waals surface area contributed by atoms with E-state index in [1.54, 1.807) is 19.1 Å². The number of nitrogens with one attached hydrogen (secondary N) is 2. The molecule has 1 aliphatic rings. The Bertz CT molecular complexity index is 683. The molecule has 1 aromatic heterocycles. The quantitative estimate of drug-likeness (QED) is 0.759. The van der Waals surface area contributed by atoms with Gasteiger partial charge >= 0.3 is 6.03 Å². The van der Waals surface area contributed by atoms with Gasteiger partial charge in [0.25, 0.3) is 0 Å². The Morgan fingerprint density at radius 2 is 2.17 bits per heavy atom. The molecular weight excluding hydrogens is 294 g/mol. The second kappa shape index (κ2) is 7.00. The lowest BCUT2D eigenvalue weighted by atomic mass is 9.96. The molecule has 2 atom stereocenters. The summed E-state index contributed by atoms with van der Waals surface area (Å²) >= 11 is 0. The van der Waals surface area contributed by atoms with E-state index in [-0.39, 0.29) is 24.6 Å². The molecule has 6 nitrogen and oxygen atoms in total. The fraction of sp³-hybridized carbons (Fsp3) is 0.529. The van der Waals surface area contributed by atoms with Crippen molar-refractivity contribution in [3.63, 3.8) is 0 Å². The number of carbonyl (C=O) groups is 1. The predicted octanol–water partition coefficient (Wildman–Crippen LogP) is 3.20. The summed E-state index contributed by atoms with van der Waals surface area (Å²) in [6, 6.07) is 5.18. The number of benzene rings is 1. The summed E-state index contributed by atoms with van der Waals surface area (Å²) in [4.78, 5) is 16.5. The third-order valence-electron chi connectivity index (χ3n) is 4.46. The van der Waals surface area contributed by atoms with Gasteiger partial charge in [0.2, 0.25) is 0 Å². The molecule has 1 aliphatic carbocycles. The number of hydrogen-bond donors (Lipinski definition) is 3. The van der Waals surface area contributed by atoms with Crippen LogP contribution in [-0.4, -0.2) is 28.8 Å². The van der Waals surface area contributed by atoms with Gasteiger partial charge in [0.15, 0.2) is 11.5 Å². The minimum Gasteiger partial charge on any atom is -0.441 e. The Morgan fingerprint density at radius 1 is 1.35 bits per heavy atom. The number of oxazole rings is 1. The molecular formula is C17H23N3O3. The Morgan fingerprint density at radius 3 is 3.00 bits per heavy atom. The molecule has 23 heavy (non-hydrogen) atoms. The average Bonchev–Trinajstić information content (AvgIpc) is 2.74. The summed E-state index contributed by atoms with van der Waals surface area (Å²) in [5, 5.41) is 15.4. The van der Waals surface area contributed by atoms with E-state index in [2.05, 4.69) is 15.6 Å². The Hall–Kier alpha value is -2.08. The van der Waals surface area contributed by atoms with Gasteiger partial charge in [0, 0.05) is 37.2 Å². The number of amides is 2. The number of urea groups is 1. The van der Waals surface area contributed by atoms with E-state index >= 15 is 0 Å². The number of aryl methyl sites for hydroxylation is 1. The number of hydrogen-bond acceptors (Lipinski definition) is 4. The van der Waals surface area contributed by atoms with Crippen molar-refractivity contribution >= 4 is 22.8 Å². The highest BCUT2D eigenvalue weighted by molar-refractivity contribution is 5.91. The second-order valence-electron chi connectivity index (χ2n) is 6.20. The van der Waals surface area contributed by atoms with Gasteiger partial charge in [-0.05, 0) is 25.0 Å². The molecule has 0 aliphatic heterocycles. The molecule has 1 saturated carbocycles. The van der Waals surface area contributed by atoms with Crippen molar-refractivity contribution in [3.8, 4) is 0 Å². The van der Waals surface area contributed by atoms with Crippen LogP contribution in [0.15, 0.2) is 22.6 Å². The molecule has 6 heteroatoms. The van der Waals surface area contributed by atoms with Crippen molar-refractivity contribution in [2.24, 2.45) is 5.92 Å². The topological polar surface area (TPSA) is 87.4 Å². The first-order valence-corrected chi connectivity index (χ1v) is 8.21. The van der Waals surface area contributed by atoms with Gasteiger partial charge in [0.1, 0.15) is 5.52 Å². The maximum absolute atomic E-state index is 12.2. The highest BCUT2D eigenvalue weighted by atomic mass is 16.3. The van der Waals surface area contributed by atoms with Gasteiger partial charge in [-0.15, -0.1) is 0 Å². The van der Waals surface area contributed by atoms with E-state index in [1.165, 1.54) is 0 Å². The molecule has 2 unspecified atom stereocenters. The van der Waals surface area contributed by atoms with Crippen LogP contribution in [0.25, 0.3) is 11.1 Å². The molecule has 1 heterocycles. The van der Waals surface area contributed by atoms with E-state index in [0.717, 1.165) is 37.6 Å². The third-order valence-corrected chi connectivity index (χ3v) is 4.46. The maximum atomic E-state index is 12.2. The van der Waals surface area contributed by atoms with Crippen LogP contribution in [0.3, 0.4) is 0 Å². The van der Waals surface area contributed by atoms with Crippen LogP contribution in [-0.2, 0) is 0 Å². The molecule has 124 valence electrons. The smallest absolute Gasteiger partial charge is 0.319 e. The monoisotopic (exact) mass is 317 g/mol. The molecule has 2 amide bonds. The molecule has 2 aromatic rings. The van der Waals surface area contributed by atoms with E-state index in [9.17, 15) is 9.90 Å². The number of carbonyl (C=O) groups excluding carboxylic acids is 1. The first-order valence-electron chi connectivity index (χ1n) is 8.21. The second-order valence-corrected chi connectivity index (χ2v) is 6.20. The zero-order valence-electron chi connectivity index (χ0n) is 13.3. The number of aliphatic hydroxyl groups is 1. The maximum Gasteiger partial charge on any atom is 0.319 e. The minimum atomic E-state index is -0.245. The lowest BCUT2D eigenvalue weighted by Gasteiger charge is -2.24. The molecule has 0 bridgehead atoms. The number of anilines is 1. The summed E-state index contributed by atoms with van der Waals surface area (Å²) in [5.74, 6) is 0.744. The summed E-state index contributed by atoms with van der Waals surface area (Å²) in [6.07, 6.45) is 5.25. The first-order chi connectivity index (χ1) is 11.2. The number of aromatic nitrogens is 1. The lowest BCUT2D eigenvalue weighted by Crippen LogP contribution is -2.43. The normalized spacial score (nSPS) is 21.8. The van der Waals surface area contributed by atoms with Crippen molar-refractivity contribution in [2.45, 2.75) is 45.1 Å². The van der Waals surface area contributed by atoms with Crippen LogP contribution in [0.4, 0.5) is 10.5 Å². The van der Waals surface area contributed by atoms with Crippen LogP contribution < -0.4 is 10.6 Å². The molecule has 0 saturated heterocycles. The standard InChI is InChI=1S/C17H23N3O3/c1-11-18-15-8-7-13(9-16(15)23-11)19-17(22)20-14-6-4-2-3-5-12(14)10-21/h7-9,12,14,21H,2-6,10H2,1H3,(H2,19,20,22). The van der Waals surface area contributed by atoms with Crippen LogP contribution >= 0.6 is 0 Å². The Kier molecular flexibility index (Phi) is 4.81. The van der Waals surface area contributed by atoms with Crippen molar-refractivity contribution in [1.29, 1.82) is 0 Å². The highest BCUT2D eigenvalue weighted by Crippen LogP contribution is 2.24. The summed E-state index contributed by atoms with van der Waals surface area (Å²) in [7, 11) is 0. The van der Waals surface area contributed by atoms with E-state index in [1.807, 2.05) is 6.07 Å². The number of fused-ring (bicyclic) bond motifs is 1. The summed E-state index contributed by atoms with van der Waals surface area (Å²) in [5.41, 5.74) is 2.10. The van der Waals surface area contributed by atoms with Crippen LogP contribution in [0.2, 0.25) is 0 Å². The van der Waals surface area contributed by atoms with Gasteiger partial charge in [-0.1, -0.05) is 19.3 Å². The fourth-order valence-corrected chi connectivity index (χ4v) is 3.25. The van der Waals surface area contributed by atoms with Crippen LogP contribution in [0, 0.1) is 12.8 Å². The Balaban J connectivity index is 1.64. The van der Waals surface area contributed by atoms with Crippen molar-refractivity contribution in [3.05, 3.63) is 24.1 Å². The summed E-state index contributed by atoms with van der Waals surface area (Å²) < 4.78 is 5.48. The predicted molar refractivity (Wildman–Crippen MR) is 88.3 cm³/mol. The first kappa shape index (κ1) is 15.8. The number of nitrogens with zero attached hydrogens (tertiary/aromatic N) is 1. The fourth-order valence-electron chi connectivity index (χ4n) is 3.25. The molecule has 0 spiro atoms. The van der Waals surface area contributed by atoms with Gasteiger partial charge in [-0.25, -0.2) is 9.78 Å². The van der Waals surface area contributed by atoms with Gasteiger partial charge in [0.05, 0.1) is 0 Å². The number of aliphatic hydroxyl groups excluding tert-OH is 1. The van der Waals surface area contributed by atoms with Crippen molar-refractivity contribution in [1.82, 2.24) is 10.3 Å². The van der Waals surface area contributed by atoms with E-state index < -0.39 is 0 Å². The minimum absolute atomic E-state index is 0.0266. The van der Waals surface area contributed by atoms with Crippen LogP contribution in [0.1, 0.15) is 38.0 Å². The lowest BCUT2D eigenvalue weighted by molar-refractivity contribution is 0.182. The Labute approximate surface area is 135 Å². The highest BCUT2D eigenvalue weighted by Gasteiger charge is 2.24. The molecule has 1 fully saturated rings. The van der Waals surface area contributed by atoms with E-state index in [4.69, 9.17) is 4.42 Å². The van der Waals surface area contributed by atoms with Gasteiger partial charge in [-0.2, -0.15) is 0 Å². The largest absolute Gasteiger partial charge is 0.441 e. The summed E-state index contributed by atoms with van der Waals surface area (Å²) in [6.45, 7) is 1.91. The molecule has 1 aromatic carbocycles. The zero-order chi connectivity index (χ0) is 16.2. The van der Waals surface area contributed by atoms with Gasteiger partial charge < -0.3 is 20.2 Å². The molecule has 3 N–H and O–H groups in total. The average molecular weight is 317 g/mol. The van der Waals surface area contributed by atoms with Crippen molar-refractivity contribution < 1.29 is 14.3 Å². The van der Waals surface area contributed by atoms with Gasteiger partial charge in [-0.3, -0.25) is 0 Å². The van der Waals surface area contributed by atoms with Crippen molar-refractivity contribution in [2.75, 3.05) is 11.9 Å². The zero-order valence-corrected chi connectivity index (χ0v) is 13.3. The SMILES string of the molecule is Cc1nc2ccc(NC(=O)NC3CCCCCC3CO)cc2o1. The van der Waals surface area contributed by atoms with E-state index in [0.29, 0.717) is 17.2 Å².